The monoisotopic (exact) mass is 340 g/mol. The van der Waals surface area contributed by atoms with Gasteiger partial charge in [0.1, 0.15) is 6.26 Å². The van der Waals surface area contributed by atoms with Gasteiger partial charge in [0, 0.05) is 18.8 Å². The summed E-state index contributed by atoms with van der Waals surface area (Å²) in [6, 6.07) is 9.60. The summed E-state index contributed by atoms with van der Waals surface area (Å²) in [5.74, 6) is 0.175. The molecule has 0 unspecified atom stereocenters. The summed E-state index contributed by atoms with van der Waals surface area (Å²) in [6.45, 7) is 5.40. The molecule has 2 amide bonds. The minimum Gasteiger partial charge on any atom is -0.472 e. The third-order valence-corrected chi connectivity index (χ3v) is 4.69. The molecule has 5 heteroatoms. The summed E-state index contributed by atoms with van der Waals surface area (Å²) in [5, 5.41) is 2.98. The fourth-order valence-corrected chi connectivity index (χ4v) is 3.14. The Kier molecular flexibility index (Phi) is 5.22. The minimum atomic E-state index is -0.186. The number of nitrogens with one attached hydrogen (secondary N) is 1. The van der Waals surface area contributed by atoms with E-state index >= 15 is 0 Å². The molecular formula is C20H24N2O3. The molecule has 1 saturated heterocycles. The van der Waals surface area contributed by atoms with Crippen molar-refractivity contribution >= 4 is 17.5 Å². The molecule has 5 nitrogen and oxygen atoms in total. The van der Waals surface area contributed by atoms with Gasteiger partial charge in [0.15, 0.2) is 0 Å². The van der Waals surface area contributed by atoms with Crippen molar-refractivity contribution in [1.82, 2.24) is 4.90 Å². The molecule has 2 aromatic rings. The van der Waals surface area contributed by atoms with E-state index in [2.05, 4.69) is 19.2 Å². The first-order chi connectivity index (χ1) is 12.0. The zero-order valence-electron chi connectivity index (χ0n) is 14.7. The van der Waals surface area contributed by atoms with Crippen LogP contribution < -0.4 is 5.32 Å². The zero-order valence-corrected chi connectivity index (χ0v) is 14.7. The Bertz CT molecular complexity index is 720. The molecule has 0 radical (unpaired) electrons. The van der Waals surface area contributed by atoms with E-state index in [1.807, 2.05) is 24.3 Å². The molecule has 1 atom stereocenters. The van der Waals surface area contributed by atoms with E-state index < -0.39 is 0 Å². The number of amides is 2. The Hall–Kier alpha value is -2.56. The molecule has 1 aromatic carbocycles. The van der Waals surface area contributed by atoms with Crippen molar-refractivity contribution in [3.63, 3.8) is 0 Å². The minimum absolute atomic E-state index is 0.0259. The smallest absolute Gasteiger partial charge is 0.257 e. The number of likely N-dealkylation sites (tertiary alicyclic amines) is 1. The lowest BCUT2D eigenvalue weighted by Gasteiger charge is -2.31. The lowest BCUT2D eigenvalue weighted by atomic mass is 9.96. The van der Waals surface area contributed by atoms with E-state index in [0.29, 0.717) is 24.6 Å². The van der Waals surface area contributed by atoms with E-state index in [4.69, 9.17) is 4.42 Å². The quantitative estimate of drug-likeness (QED) is 0.918. The van der Waals surface area contributed by atoms with Crippen LogP contribution in [0.25, 0.3) is 0 Å². The van der Waals surface area contributed by atoms with Gasteiger partial charge < -0.3 is 14.6 Å². The number of nitrogens with zero attached hydrogens (tertiary/aromatic N) is 1. The predicted molar refractivity (Wildman–Crippen MR) is 96.5 cm³/mol. The van der Waals surface area contributed by atoms with Crippen LogP contribution >= 0.6 is 0 Å². The van der Waals surface area contributed by atoms with Crippen molar-refractivity contribution < 1.29 is 14.0 Å². The summed E-state index contributed by atoms with van der Waals surface area (Å²) in [7, 11) is 0. The van der Waals surface area contributed by atoms with Crippen molar-refractivity contribution in [2.45, 2.75) is 32.6 Å². The standard InChI is InChI=1S/C20H24N2O3/c1-14(2)15-5-7-18(8-6-15)21-19(23)16-4-3-10-22(12-16)20(24)17-9-11-25-13-17/h5-9,11,13-14,16H,3-4,10,12H2,1-2H3,(H,21,23)/t16-/m1/s1. The van der Waals surface area contributed by atoms with Gasteiger partial charge in [0.25, 0.3) is 5.91 Å². The number of benzene rings is 1. The van der Waals surface area contributed by atoms with Crippen LogP contribution in [0.1, 0.15) is 48.5 Å². The molecule has 0 bridgehead atoms. The molecule has 1 aliphatic heterocycles. The van der Waals surface area contributed by atoms with E-state index in [9.17, 15) is 9.59 Å². The van der Waals surface area contributed by atoms with Gasteiger partial charge in [0.2, 0.25) is 5.91 Å². The molecule has 132 valence electrons. The molecule has 2 heterocycles. The Morgan fingerprint density at radius 1 is 1.20 bits per heavy atom. The van der Waals surface area contributed by atoms with Crippen molar-refractivity contribution in [2.75, 3.05) is 18.4 Å². The summed E-state index contributed by atoms with van der Waals surface area (Å²) in [6.07, 6.45) is 4.56. The molecule has 1 N–H and O–H groups in total. The maximum absolute atomic E-state index is 12.6. The molecule has 1 aromatic heterocycles. The lowest BCUT2D eigenvalue weighted by Crippen LogP contribution is -2.43. The van der Waals surface area contributed by atoms with Crippen LogP contribution in [0, 0.1) is 5.92 Å². The second-order valence-electron chi connectivity index (χ2n) is 6.87. The normalized spacial score (nSPS) is 17.6. The Morgan fingerprint density at radius 2 is 1.96 bits per heavy atom. The first-order valence-corrected chi connectivity index (χ1v) is 8.77. The van der Waals surface area contributed by atoms with Crippen LogP contribution in [0.3, 0.4) is 0 Å². The first kappa shape index (κ1) is 17.3. The van der Waals surface area contributed by atoms with Crippen molar-refractivity contribution in [1.29, 1.82) is 0 Å². The fourth-order valence-electron chi connectivity index (χ4n) is 3.14. The number of furan rings is 1. The molecule has 1 fully saturated rings. The highest BCUT2D eigenvalue weighted by Gasteiger charge is 2.29. The number of carbonyl (C=O) groups is 2. The number of hydrogen-bond acceptors (Lipinski definition) is 3. The lowest BCUT2D eigenvalue weighted by molar-refractivity contribution is -0.121. The fraction of sp³-hybridized carbons (Fsp3) is 0.400. The number of piperidine rings is 1. The maximum atomic E-state index is 12.6. The highest BCUT2D eigenvalue weighted by atomic mass is 16.3. The van der Waals surface area contributed by atoms with Gasteiger partial charge in [-0.2, -0.15) is 0 Å². The second kappa shape index (κ2) is 7.55. The van der Waals surface area contributed by atoms with Gasteiger partial charge in [-0.3, -0.25) is 9.59 Å². The van der Waals surface area contributed by atoms with Gasteiger partial charge in [-0.15, -0.1) is 0 Å². The second-order valence-corrected chi connectivity index (χ2v) is 6.87. The Balaban J connectivity index is 1.61. The van der Waals surface area contributed by atoms with Gasteiger partial charge in [-0.1, -0.05) is 26.0 Å². The highest BCUT2D eigenvalue weighted by molar-refractivity contribution is 5.96. The summed E-state index contributed by atoms with van der Waals surface area (Å²) >= 11 is 0. The van der Waals surface area contributed by atoms with Gasteiger partial charge in [-0.25, -0.2) is 0 Å². The predicted octanol–water partition coefficient (Wildman–Crippen LogP) is 3.89. The SMILES string of the molecule is CC(C)c1ccc(NC(=O)[C@@H]2CCCN(C(=O)c3ccoc3)C2)cc1. The third-order valence-electron chi connectivity index (χ3n) is 4.69. The summed E-state index contributed by atoms with van der Waals surface area (Å²) < 4.78 is 4.98. The molecule has 0 saturated carbocycles. The van der Waals surface area contributed by atoms with Crippen LogP contribution in [0.15, 0.2) is 47.3 Å². The molecule has 0 aliphatic carbocycles. The van der Waals surface area contributed by atoms with Crippen LogP contribution in [0.4, 0.5) is 5.69 Å². The number of carbonyl (C=O) groups excluding carboxylic acids is 2. The van der Waals surface area contributed by atoms with Crippen LogP contribution in [0.2, 0.25) is 0 Å². The largest absolute Gasteiger partial charge is 0.472 e. The van der Waals surface area contributed by atoms with E-state index in [1.54, 1.807) is 11.0 Å². The number of anilines is 1. The van der Waals surface area contributed by atoms with Crippen molar-refractivity contribution in [2.24, 2.45) is 5.92 Å². The van der Waals surface area contributed by atoms with Crippen molar-refractivity contribution in [3.8, 4) is 0 Å². The third kappa shape index (κ3) is 4.10. The number of rotatable bonds is 4. The molecule has 25 heavy (non-hydrogen) atoms. The first-order valence-electron chi connectivity index (χ1n) is 8.77. The highest BCUT2D eigenvalue weighted by Crippen LogP contribution is 2.22. The summed E-state index contributed by atoms with van der Waals surface area (Å²) in [5.41, 5.74) is 2.57. The van der Waals surface area contributed by atoms with Crippen LogP contribution in [-0.4, -0.2) is 29.8 Å². The average molecular weight is 340 g/mol. The average Bonchev–Trinajstić information content (AvgIpc) is 3.16. The van der Waals surface area contributed by atoms with Crippen LogP contribution in [-0.2, 0) is 4.79 Å². The Labute approximate surface area is 148 Å². The Morgan fingerprint density at radius 3 is 2.60 bits per heavy atom. The zero-order chi connectivity index (χ0) is 17.8. The topological polar surface area (TPSA) is 62.6 Å². The van der Waals surface area contributed by atoms with Gasteiger partial charge in [-0.05, 0) is 42.5 Å². The van der Waals surface area contributed by atoms with E-state index in [-0.39, 0.29) is 17.7 Å². The molecule has 0 spiro atoms. The van der Waals surface area contributed by atoms with E-state index in [0.717, 1.165) is 18.5 Å². The number of hydrogen-bond donors (Lipinski definition) is 1. The van der Waals surface area contributed by atoms with Crippen molar-refractivity contribution in [3.05, 3.63) is 54.0 Å². The maximum Gasteiger partial charge on any atom is 0.257 e. The van der Waals surface area contributed by atoms with E-state index in [1.165, 1.54) is 18.1 Å². The van der Waals surface area contributed by atoms with Crippen LogP contribution in [0.5, 0.6) is 0 Å². The van der Waals surface area contributed by atoms with Gasteiger partial charge >= 0.3 is 0 Å². The molecule has 1 aliphatic rings. The summed E-state index contributed by atoms with van der Waals surface area (Å²) in [4.78, 5) is 26.7. The molecular weight excluding hydrogens is 316 g/mol. The van der Waals surface area contributed by atoms with Gasteiger partial charge in [0.05, 0.1) is 17.7 Å². The molecule has 3 rings (SSSR count).